The Morgan fingerprint density at radius 1 is 1.48 bits per heavy atom. The summed E-state index contributed by atoms with van der Waals surface area (Å²) in [5.74, 6) is 0.834. The van der Waals surface area contributed by atoms with Crippen molar-refractivity contribution in [3.05, 3.63) is 23.7 Å². The van der Waals surface area contributed by atoms with Gasteiger partial charge in [-0.3, -0.25) is 4.79 Å². The number of urea groups is 1. The van der Waals surface area contributed by atoms with Gasteiger partial charge in [-0.15, -0.1) is 0 Å². The van der Waals surface area contributed by atoms with Gasteiger partial charge in [0.2, 0.25) is 0 Å². The topological polar surface area (TPSA) is 74.0 Å². The van der Waals surface area contributed by atoms with Gasteiger partial charge < -0.3 is 19.3 Å². The average molecular weight is 294 g/mol. The number of aryl methyl sites for hydroxylation is 1. The van der Waals surface area contributed by atoms with Crippen LogP contribution in [0.3, 0.4) is 0 Å². The molecule has 0 aromatic carbocycles. The predicted molar refractivity (Wildman–Crippen MR) is 76.9 cm³/mol. The summed E-state index contributed by atoms with van der Waals surface area (Å²) < 4.78 is 5.48. The van der Waals surface area contributed by atoms with E-state index in [-0.39, 0.29) is 18.4 Å². The molecule has 2 rings (SSSR count). The number of hydrogen-bond donors (Lipinski definition) is 1. The highest BCUT2D eigenvalue weighted by Crippen LogP contribution is 2.21. The number of carbonyl (C=O) groups is 2. The van der Waals surface area contributed by atoms with Gasteiger partial charge >= 0.3 is 12.0 Å². The van der Waals surface area contributed by atoms with Gasteiger partial charge in [0.15, 0.2) is 0 Å². The Bertz CT molecular complexity index is 512. The summed E-state index contributed by atoms with van der Waals surface area (Å²) in [5.41, 5.74) is 0. The second kappa shape index (κ2) is 6.65. The molecule has 1 N–H and O–H groups in total. The third-order valence-electron chi connectivity index (χ3n) is 3.77. The maximum atomic E-state index is 12.4. The lowest BCUT2D eigenvalue weighted by molar-refractivity contribution is -0.138. The molecule has 1 aliphatic heterocycles. The van der Waals surface area contributed by atoms with E-state index in [1.165, 1.54) is 0 Å². The Morgan fingerprint density at radius 3 is 2.86 bits per heavy atom. The minimum absolute atomic E-state index is 0.0551. The Hall–Kier alpha value is -1.98. The highest BCUT2D eigenvalue weighted by Gasteiger charge is 2.27. The van der Waals surface area contributed by atoms with Crippen molar-refractivity contribution in [2.45, 2.75) is 32.7 Å². The minimum atomic E-state index is -0.797. The van der Waals surface area contributed by atoms with Crippen LogP contribution in [0.15, 0.2) is 16.5 Å². The number of carbonyl (C=O) groups excluding carboxylic acids is 1. The molecule has 116 valence electrons. The third kappa shape index (κ3) is 4.24. The summed E-state index contributed by atoms with van der Waals surface area (Å²) in [7, 11) is 1.74. The van der Waals surface area contributed by atoms with E-state index in [1.54, 1.807) is 16.8 Å². The van der Waals surface area contributed by atoms with Crippen molar-refractivity contribution in [3.63, 3.8) is 0 Å². The van der Waals surface area contributed by atoms with E-state index in [4.69, 9.17) is 9.52 Å². The predicted octanol–water partition coefficient (Wildman–Crippen LogP) is 2.33. The molecule has 1 unspecified atom stereocenters. The zero-order valence-corrected chi connectivity index (χ0v) is 12.5. The van der Waals surface area contributed by atoms with E-state index in [0.717, 1.165) is 24.4 Å². The van der Waals surface area contributed by atoms with Crippen molar-refractivity contribution in [3.8, 4) is 0 Å². The van der Waals surface area contributed by atoms with Crippen LogP contribution < -0.4 is 0 Å². The molecule has 1 atom stereocenters. The minimum Gasteiger partial charge on any atom is -0.481 e. The summed E-state index contributed by atoms with van der Waals surface area (Å²) in [6, 6.07) is 3.67. The Morgan fingerprint density at radius 2 is 2.24 bits per heavy atom. The standard InChI is InChI=1S/C15H22N2O4/c1-11-5-6-13(21-11)10-16(2)15(20)17-7-3-4-12(9-17)8-14(18)19/h5-6,12H,3-4,7-10H2,1-2H3,(H,18,19). The first kappa shape index (κ1) is 15.4. The first-order chi connectivity index (χ1) is 9.95. The molecule has 0 saturated carbocycles. The van der Waals surface area contributed by atoms with Gasteiger partial charge in [0.25, 0.3) is 0 Å². The van der Waals surface area contributed by atoms with Crippen molar-refractivity contribution in [1.29, 1.82) is 0 Å². The number of piperidine rings is 1. The fourth-order valence-electron chi connectivity index (χ4n) is 2.77. The molecule has 2 heterocycles. The summed E-state index contributed by atoms with van der Waals surface area (Å²) in [6.07, 6.45) is 1.86. The van der Waals surface area contributed by atoms with Crippen molar-refractivity contribution < 1.29 is 19.1 Å². The molecule has 1 aliphatic rings. The number of aliphatic carboxylic acids is 1. The number of amides is 2. The molecule has 1 fully saturated rings. The van der Waals surface area contributed by atoms with E-state index in [9.17, 15) is 9.59 Å². The number of hydrogen-bond acceptors (Lipinski definition) is 3. The second-order valence-corrected chi connectivity index (χ2v) is 5.70. The van der Waals surface area contributed by atoms with Crippen LogP contribution in [-0.4, -0.2) is 47.0 Å². The van der Waals surface area contributed by atoms with Gasteiger partial charge in [-0.25, -0.2) is 4.79 Å². The summed E-state index contributed by atoms with van der Waals surface area (Å²) in [5, 5.41) is 8.87. The van der Waals surface area contributed by atoms with Gasteiger partial charge in [0, 0.05) is 26.6 Å². The van der Waals surface area contributed by atoms with E-state index in [1.807, 2.05) is 19.1 Å². The molecule has 0 spiro atoms. The largest absolute Gasteiger partial charge is 0.481 e. The average Bonchev–Trinajstić information content (AvgIpc) is 2.82. The normalized spacial score (nSPS) is 18.6. The Balaban J connectivity index is 1.90. The summed E-state index contributed by atoms with van der Waals surface area (Å²) in [4.78, 5) is 26.6. The number of carboxylic acid groups (broad SMARTS) is 1. The lowest BCUT2D eigenvalue weighted by Crippen LogP contribution is -2.46. The fourth-order valence-corrected chi connectivity index (χ4v) is 2.77. The molecule has 21 heavy (non-hydrogen) atoms. The molecule has 1 saturated heterocycles. The Labute approximate surface area is 124 Å². The van der Waals surface area contributed by atoms with Crippen LogP contribution >= 0.6 is 0 Å². The van der Waals surface area contributed by atoms with E-state index < -0.39 is 5.97 Å². The first-order valence-electron chi connectivity index (χ1n) is 7.23. The van der Waals surface area contributed by atoms with Gasteiger partial charge in [-0.2, -0.15) is 0 Å². The Kier molecular flexibility index (Phi) is 4.88. The zero-order valence-electron chi connectivity index (χ0n) is 12.5. The van der Waals surface area contributed by atoms with Crippen molar-refractivity contribution in [2.75, 3.05) is 20.1 Å². The summed E-state index contributed by atoms with van der Waals surface area (Å²) >= 11 is 0. The van der Waals surface area contributed by atoms with Crippen LogP contribution in [-0.2, 0) is 11.3 Å². The zero-order chi connectivity index (χ0) is 15.4. The van der Waals surface area contributed by atoms with E-state index in [0.29, 0.717) is 19.6 Å². The number of likely N-dealkylation sites (tertiary alicyclic amines) is 1. The van der Waals surface area contributed by atoms with Gasteiger partial charge in [0.1, 0.15) is 11.5 Å². The van der Waals surface area contributed by atoms with Gasteiger partial charge in [0.05, 0.1) is 6.54 Å². The van der Waals surface area contributed by atoms with Crippen LogP contribution in [0.25, 0.3) is 0 Å². The second-order valence-electron chi connectivity index (χ2n) is 5.70. The third-order valence-corrected chi connectivity index (χ3v) is 3.77. The molecule has 1 aromatic rings. The highest BCUT2D eigenvalue weighted by molar-refractivity contribution is 5.74. The molecule has 2 amide bonds. The lowest BCUT2D eigenvalue weighted by atomic mass is 9.95. The first-order valence-corrected chi connectivity index (χ1v) is 7.23. The van der Waals surface area contributed by atoms with Crippen LogP contribution in [0.5, 0.6) is 0 Å². The van der Waals surface area contributed by atoms with Gasteiger partial charge in [-0.05, 0) is 37.8 Å². The number of furan rings is 1. The smallest absolute Gasteiger partial charge is 0.320 e. The molecule has 0 aliphatic carbocycles. The van der Waals surface area contributed by atoms with Crippen LogP contribution in [0.2, 0.25) is 0 Å². The number of rotatable bonds is 4. The summed E-state index contributed by atoms with van der Waals surface area (Å²) in [6.45, 7) is 3.50. The SMILES string of the molecule is Cc1ccc(CN(C)C(=O)N2CCCC(CC(=O)O)C2)o1. The maximum Gasteiger partial charge on any atom is 0.320 e. The molecule has 6 nitrogen and oxygen atoms in total. The van der Waals surface area contributed by atoms with Crippen molar-refractivity contribution >= 4 is 12.0 Å². The van der Waals surface area contributed by atoms with Gasteiger partial charge in [-0.1, -0.05) is 0 Å². The maximum absolute atomic E-state index is 12.4. The van der Waals surface area contributed by atoms with E-state index in [2.05, 4.69) is 0 Å². The number of carboxylic acids is 1. The van der Waals surface area contributed by atoms with E-state index >= 15 is 0 Å². The molecule has 1 aromatic heterocycles. The highest BCUT2D eigenvalue weighted by atomic mass is 16.4. The monoisotopic (exact) mass is 294 g/mol. The molecular formula is C15H22N2O4. The van der Waals surface area contributed by atoms with Crippen molar-refractivity contribution in [2.24, 2.45) is 5.92 Å². The quantitative estimate of drug-likeness (QED) is 0.925. The lowest BCUT2D eigenvalue weighted by Gasteiger charge is -2.34. The van der Waals surface area contributed by atoms with Crippen LogP contribution in [0.4, 0.5) is 4.79 Å². The van der Waals surface area contributed by atoms with Crippen molar-refractivity contribution in [1.82, 2.24) is 9.80 Å². The molecular weight excluding hydrogens is 272 g/mol. The molecule has 0 bridgehead atoms. The molecule has 0 radical (unpaired) electrons. The van der Waals surface area contributed by atoms with Crippen LogP contribution in [0, 0.1) is 12.8 Å². The van der Waals surface area contributed by atoms with Crippen LogP contribution in [0.1, 0.15) is 30.8 Å². The number of nitrogens with zero attached hydrogens (tertiary/aromatic N) is 2. The molecule has 6 heteroatoms. The fraction of sp³-hybridized carbons (Fsp3) is 0.600.